The van der Waals surface area contributed by atoms with Gasteiger partial charge in [0.15, 0.2) is 0 Å². The summed E-state index contributed by atoms with van der Waals surface area (Å²) in [5.41, 5.74) is 8.07. The molecular weight excluding hydrogens is 236 g/mol. The lowest BCUT2D eigenvalue weighted by Gasteiger charge is -2.21. The summed E-state index contributed by atoms with van der Waals surface area (Å²) in [7, 11) is 0. The third-order valence-corrected chi connectivity index (χ3v) is 3.42. The summed E-state index contributed by atoms with van der Waals surface area (Å²) < 4.78 is 0. The van der Waals surface area contributed by atoms with Crippen molar-refractivity contribution in [1.82, 2.24) is 5.32 Å². The number of hydrogen-bond acceptors (Lipinski definition) is 2. The summed E-state index contributed by atoms with van der Waals surface area (Å²) >= 11 is 0. The monoisotopic (exact) mass is 262 g/mol. The van der Waals surface area contributed by atoms with Gasteiger partial charge in [-0.25, -0.2) is 0 Å². The van der Waals surface area contributed by atoms with E-state index in [1.807, 2.05) is 19.1 Å². The summed E-state index contributed by atoms with van der Waals surface area (Å²) in [4.78, 5) is 12.2. The van der Waals surface area contributed by atoms with Crippen LogP contribution in [0.4, 0.5) is 0 Å². The Morgan fingerprint density at radius 1 is 1.26 bits per heavy atom. The van der Waals surface area contributed by atoms with Crippen molar-refractivity contribution in [3.05, 3.63) is 35.4 Å². The highest BCUT2D eigenvalue weighted by Crippen LogP contribution is 2.18. The summed E-state index contributed by atoms with van der Waals surface area (Å²) in [6.45, 7) is 8.71. The smallest absolute Gasteiger partial charge is 0.224 e. The predicted molar refractivity (Wildman–Crippen MR) is 79.7 cm³/mol. The lowest BCUT2D eigenvalue weighted by atomic mass is 9.95. The van der Waals surface area contributed by atoms with E-state index in [2.05, 4.69) is 38.2 Å². The van der Waals surface area contributed by atoms with Gasteiger partial charge in [-0.3, -0.25) is 4.79 Å². The average Bonchev–Trinajstić information content (AvgIpc) is 2.35. The number of nitrogens with one attached hydrogen (secondary N) is 1. The molecule has 1 rings (SSSR count). The number of rotatable bonds is 6. The molecule has 0 aliphatic rings. The molecule has 3 heteroatoms. The Morgan fingerprint density at radius 3 is 2.42 bits per heavy atom. The molecule has 0 aliphatic carbocycles. The van der Waals surface area contributed by atoms with Crippen LogP contribution in [-0.4, -0.2) is 12.5 Å². The van der Waals surface area contributed by atoms with Gasteiger partial charge in [0.25, 0.3) is 0 Å². The summed E-state index contributed by atoms with van der Waals surface area (Å²) in [5, 5.41) is 3.07. The van der Waals surface area contributed by atoms with Gasteiger partial charge >= 0.3 is 0 Å². The highest BCUT2D eigenvalue weighted by molar-refractivity contribution is 5.79. The molecule has 1 aromatic carbocycles. The van der Waals surface area contributed by atoms with Crippen LogP contribution in [0.3, 0.4) is 0 Å². The molecule has 19 heavy (non-hydrogen) atoms. The van der Waals surface area contributed by atoms with E-state index in [9.17, 15) is 4.79 Å². The van der Waals surface area contributed by atoms with Gasteiger partial charge in [-0.15, -0.1) is 0 Å². The minimum atomic E-state index is -0.0912. The lowest BCUT2D eigenvalue weighted by molar-refractivity contribution is -0.125. The molecular formula is C16H26N2O. The van der Waals surface area contributed by atoms with E-state index in [4.69, 9.17) is 5.73 Å². The highest BCUT2D eigenvalue weighted by Gasteiger charge is 2.20. The molecule has 0 heterocycles. The number of nitrogens with two attached hydrogens (primary N) is 1. The topological polar surface area (TPSA) is 55.1 Å². The Kier molecular flexibility index (Phi) is 6.03. The van der Waals surface area contributed by atoms with Crippen molar-refractivity contribution in [2.45, 2.75) is 40.2 Å². The first-order valence-corrected chi connectivity index (χ1v) is 7.01. The largest absolute Gasteiger partial charge is 0.349 e. The number of carbonyl (C=O) groups excluding carboxylic acids is 1. The van der Waals surface area contributed by atoms with Crippen LogP contribution >= 0.6 is 0 Å². The Hall–Kier alpha value is -1.35. The van der Waals surface area contributed by atoms with E-state index in [1.54, 1.807) is 0 Å². The fraction of sp³-hybridized carbons (Fsp3) is 0.562. The molecule has 1 aromatic rings. The fourth-order valence-electron chi connectivity index (χ4n) is 2.36. The molecule has 0 aliphatic heterocycles. The molecule has 106 valence electrons. The zero-order chi connectivity index (χ0) is 14.4. The summed E-state index contributed by atoms with van der Waals surface area (Å²) in [5.74, 6) is 0.450. The van der Waals surface area contributed by atoms with Crippen LogP contribution in [0.1, 0.15) is 44.4 Å². The van der Waals surface area contributed by atoms with Crippen molar-refractivity contribution in [3.8, 4) is 0 Å². The van der Waals surface area contributed by atoms with E-state index in [0.717, 1.165) is 12.0 Å². The molecule has 1 amide bonds. The minimum Gasteiger partial charge on any atom is -0.349 e. The van der Waals surface area contributed by atoms with Crippen LogP contribution in [0, 0.1) is 18.8 Å². The number of benzene rings is 1. The molecule has 0 radical (unpaired) electrons. The average molecular weight is 262 g/mol. The first-order chi connectivity index (χ1) is 8.95. The van der Waals surface area contributed by atoms with Gasteiger partial charge in [0.1, 0.15) is 0 Å². The molecule has 2 unspecified atom stereocenters. The maximum Gasteiger partial charge on any atom is 0.224 e. The first-order valence-electron chi connectivity index (χ1n) is 7.01. The molecule has 0 fully saturated rings. The van der Waals surface area contributed by atoms with Gasteiger partial charge in [0.2, 0.25) is 5.91 Å². The van der Waals surface area contributed by atoms with Crippen molar-refractivity contribution in [3.63, 3.8) is 0 Å². The van der Waals surface area contributed by atoms with E-state index in [0.29, 0.717) is 12.5 Å². The van der Waals surface area contributed by atoms with Crippen LogP contribution in [0.25, 0.3) is 0 Å². The maximum atomic E-state index is 12.2. The van der Waals surface area contributed by atoms with Crippen LogP contribution in [0.5, 0.6) is 0 Å². The van der Waals surface area contributed by atoms with Crippen LogP contribution in [0.15, 0.2) is 24.3 Å². The van der Waals surface area contributed by atoms with Gasteiger partial charge in [-0.2, -0.15) is 0 Å². The standard InChI is InChI=1S/C16H26N2O/c1-11(2)9-14(10-17)16(19)18-13(4)15-8-6-5-7-12(15)3/h5-8,11,13-14H,9-10,17H2,1-4H3,(H,18,19). The van der Waals surface area contributed by atoms with Crippen molar-refractivity contribution >= 4 is 5.91 Å². The molecule has 3 nitrogen and oxygen atoms in total. The second kappa shape index (κ2) is 7.29. The van der Waals surface area contributed by atoms with E-state index in [-0.39, 0.29) is 17.9 Å². The normalized spacial score (nSPS) is 14.2. The molecule has 0 saturated carbocycles. The second-order valence-electron chi connectivity index (χ2n) is 5.65. The minimum absolute atomic E-state index is 0.0231. The molecule has 3 N–H and O–H groups in total. The molecule has 0 aromatic heterocycles. The Labute approximate surface area is 116 Å². The van der Waals surface area contributed by atoms with Crippen molar-refractivity contribution in [2.24, 2.45) is 17.6 Å². The van der Waals surface area contributed by atoms with Crippen molar-refractivity contribution in [1.29, 1.82) is 0 Å². The van der Waals surface area contributed by atoms with Gasteiger partial charge in [-0.1, -0.05) is 38.1 Å². The van der Waals surface area contributed by atoms with Gasteiger partial charge < -0.3 is 11.1 Å². The van der Waals surface area contributed by atoms with Crippen LogP contribution < -0.4 is 11.1 Å². The van der Waals surface area contributed by atoms with Crippen molar-refractivity contribution < 1.29 is 4.79 Å². The molecule has 0 saturated heterocycles. The number of aryl methyl sites for hydroxylation is 1. The Morgan fingerprint density at radius 2 is 1.89 bits per heavy atom. The molecule has 2 atom stereocenters. The third-order valence-electron chi connectivity index (χ3n) is 3.42. The number of hydrogen-bond donors (Lipinski definition) is 2. The lowest BCUT2D eigenvalue weighted by Crippen LogP contribution is -2.37. The third kappa shape index (κ3) is 4.67. The van der Waals surface area contributed by atoms with Crippen LogP contribution in [0.2, 0.25) is 0 Å². The van der Waals surface area contributed by atoms with Gasteiger partial charge in [0.05, 0.1) is 12.0 Å². The van der Waals surface area contributed by atoms with E-state index in [1.165, 1.54) is 5.56 Å². The first kappa shape index (κ1) is 15.7. The Balaban J connectivity index is 2.68. The predicted octanol–water partition coefficient (Wildman–Crippen LogP) is 2.79. The SMILES string of the molecule is Cc1ccccc1C(C)NC(=O)C(CN)CC(C)C. The van der Waals surface area contributed by atoms with E-state index >= 15 is 0 Å². The van der Waals surface area contributed by atoms with Crippen LogP contribution in [-0.2, 0) is 4.79 Å². The Bertz CT molecular complexity index is 415. The zero-order valence-electron chi connectivity index (χ0n) is 12.4. The molecule has 0 spiro atoms. The van der Waals surface area contributed by atoms with E-state index < -0.39 is 0 Å². The molecule has 0 bridgehead atoms. The summed E-state index contributed by atoms with van der Waals surface area (Å²) in [6, 6.07) is 8.15. The number of carbonyl (C=O) groups is 1. The van der Waals surface area contributed by atoms with Gasteiger partial charge in [-0.05, 0) is 37.3 Å². The highest BCUT2D eigenvalue weighted by atomic mass is 16.1. The zero-order valence-corrected chi connectivity index (χ0v) is 12.4. The van der Waals surface area contributed by atoms with Gasteiger partial charge in [0, 0.05) is 6.54 Å². The number of amides is 1. The quantitative estimate of drug-likeness (QED) is 0.828. The summed E-state index contributed by atoms with van der Waals surface area (Å²) in [6.07, 6.45) is 0.836. The second-order valence-corrected chi connectivity index (χ2v) is 5.65. The fourth-order valence-corrected chi connectivity index (χ4v) is 2.36. The van der Waals surface area contributed by atoms with Crippen molar-refractivity contribution in [2.75, 3.05) is 6.54 Å². The maximum absolute atomic E-state index is 12.2.